The number of carbonyl (C=O) groups is 4. The van der Waals surface area contributed by atoms with Gasteiger partial charge in [-0.25, -0.2) is 24.4 Å². The molecule has 0 bridgehead atoms. The fourth-order valence-corrected chi connectivity index (χ4v) is 17.8. The number of aldehydes is 1. The summed E-state index contributed by atoms with van der Waals surface area (Å²) in [5, 5.41) is 26.4. The zero-order valence-electron chi connectivity index (χ0n) is 71.0. The number of methoxy groups -OCH3 is 4. The molecular weight excluding hydrogens is 1960 g/mol. The molecule has 4 atom stereocenters. The van der Waals surface area contributed by atoms with Gasteiger partial charge in [-0.3, -0.25) is 0 Å². The van der Waals surface area contributed by atoms with Crippen molar-refractivity contribution < 1.29 is 61.5 Å². The highest BCUT2D eigenvalue weighted by molar-refractivity contribution is 7.80. The van der Waals surface area contributed by atoms with Gasteiger partial charge in [0.25, 0.3) is 0 Å². The maximum Gasteiger partial charge on any atom is 0.407 e. The molecule has 133 heavy (non-hydrogen) atoms. The lowest BCUT2D eigenvalue weighted by atomic mass is 9.98. The third-order valence-corrected chi connectivity index (χ3v) is 24.7. The van der Waals surface area contributed by atoms with Gasteiger partial charge in [0.2, 0.25) is 11.9 Å². The van der Waals surface area contributed by atoms with E-state index < -0.39 is 54.7 Å². The summed E-state index contributed by atoms with van der Waals surface area (Å²) in [7, 11) is 6.20. The number of imidazole rings is 3. The van der Waals surface area contributed by atoms with Crippen LogP contribution in [0.15, 0.2) is 219 Å². The molecule has 0 saturated carbocycles. The number of pyridine rings is 2. The van der Waals surface area contributed by atoms with Crippen molar-refractivity contribution in [3.05, 3.63) is 353 Å². The number of carbonyl (C=O) groups excluding carboxylic acids is 3. The summed E-state index contributed by atoms with van der Waals surface area (Å²) in [6, 6.07) is 61.3. The molecule has 2 aliphatic rings. The number of fused-ring (bicyclic) bond motifs is 8. The molecule has 5 heterocycles. The van der Waals surface area contributed by atoms with Crippen LogP contribution < -0.4 is 27.0 Å². The second-order valence-corrected chi connectivity index (χ2v) is 35.1. The minimum atomic E-state index is -1.19. The van der Waals surface area contributed by atoms with Crippen LogP contribution >= 0.6 is 140 Å². The predicted octanol–water partition coefficient (Wildman–Crippen LogP) is 22.2. The van der Waals surface area contributed by atoms with Crippen molar-refractivity contribution in [2.45, 2.75) is 93.8 Å². The molecule has 0 spiro atoms. The van der Waals surface area contributed by atoms with Gasteiger partial charge in [0.05, 0.1) is 42.2 Å². The summed E-state index contributed by atoms with van der Waals surface area (Å²) in [6.07, 6.45) is 2.06. The van der Waals surface area contributed by atoms with Crippen molar-refractivity contribution in [3.8, 4) is 22.3 Å². The molecule has 2 amide bonds. The highest BCUT2D eigenvalue weighted by Gasteiger charge is 2.33. The van der Waals surface area contributed by atoms with Crippen LogP contribution in [0.25, 0.3) is 44.6 Å². The highest BCUT2D eigenvalue weighted by Crippen LogP contribution is 2.46. The number of carboxylic acid groups (broad SMARTS) is 1. The molecule has 5 aromatic heterocycles. The fraction of sp³-hybridized carbons (Fsp3) is 0.221. The van der Waals surface area contributed by atoms with Crippen LogP contribution in [0.4, 0.5) is 18.4 Å². The highest BCUT2D eigenvalue weighted by atomic mass is 35.5. The average Bonchev–Trinajstić information content (AvgIpc) is 1.62. The first-order valence-corrected chi connectivity index (χ1v) is 45.4. The van der Waals surface area contributed by atoms with Crippen molar-refractivity contribution in [1.29, 1.82) is 0 Å². The van der Waals surface area contributed by atoms with Crippen LogP contribution in [0, 0.1) is 16.7 Å². The Morgan fingerprint density at radius 2 is 0.880 bits per heavy atom. The van der Waals surface area contributed by atoms with E-state index in [-0.39, 0.29) is 50.0 Å². The van der Waals surface area contributed by atoms with E-state index in [2.05, 4.69) is 80.4 Å². The van der Waals surface area contributed by atoms with E-state index in [0.29, 0.717) is 138 Å². The number of benzene rings is 9. The number of carboxylic acids is 1. The third-order valence-electron chi connectivity index (χ3n) is 21.2. The maximum absolute atomic E-state index is 13.2. The number of amides is 2. The topological polar surface area (TPSA) is 322 Å². The standard InChI is InChI=1S/C24H19Cl2NO4.C24H19Cl2NO3.C19H20Cl2FN5O2S.C17H12Cl2FN5S.C11H15Cl2NO2/c25-15-10-9-14(21(26)12-15)11-22(23(28)29)27-24(30)31-13-20-18-7-3-1-5-16(18)17-6-2-4-8-19(17)20;25-16-10-9-15(23(26)12-16)11-17(13-28)27-24(29)30-14-22-20-7-3-1-5-18(20)19-6-2-4-8-21(19)22;1-28-18(29-2)14(7-10-3-4-11(20)8-12(10)21)25-19(30)23-9-16-24-13-5-6-15(22)26-17(13)27-16;18-10-2-1-9(12(19)6-10)5-11-7-25(17(26)21-11)8-15-22-13-3-4-14(20)23-16(13)24-15;1-15-11(16-2)10(14)5-7-3-4-8(12)6-9(7)13/h1-10,12,20,22H,11,13H2,(H,27,30)(H,28,29);1-10,12-13,17,22H,11,14H2,(H,27,29);3-6,8,14,18H,7,9H2,1-2H3,(H2,23,25,30)(H,24,26,27);1-4,6-7H,5,8H2,(H,21,26)(H,22,23,24);3-4,6,10-11H,5,14H2,1-2H3/t22-;17-;14-;;10-/m000.0/s1. The summed E-state index contributed by atoms with van der Waals surface area (Å²) < 4.78 is 60.7. The number of nitrogens with zero attached hydrogens (tertiary/aromatic N) is 5. The number of rotatable bonds is 29. The van der Waals surface area contributed by atoms with Gasteiger partial charge in [0.1, 0.15) is 37.2 Å². The number of nitrogens with two attached hydrogens (primary N) is 1. The fourth-order valence-electron chi connectivity index (χ4n) is 14.9. The molecule has 0 saturated heterocycles. The molecule has 692 valence electrons. The van der Waals surface area contributed by atoms with E-state index in [0.717, 1.165) is 72.5 Å². The number of ether oxygens (including phenoxy) is 6. The number of H-pyrrole nitrogens is 3. The number of aromatic amines is 3. The summed E-state index contributed by atoms with van der Waals surface area (Å²) >= 11 is 71.2. The largest absolute Gasteiger partial charge is 0.480 e. The van der Waals surface area contributed by atoms with Crippen LogP contribution in [0.2, 0.25) is 50.2 Å². The molecule has 0 aliphatic heterocycles. The van der Waals surface area contributed by atoms with Gasteiger partial charge in [-0.15, -0.1) is 0 Å². The third kappa shape index (κ3) is 27.9. The lowest BCUT2D eigenvalue weighted by Gasteiger charge is -2.27. The second kappa shape index (κ2) is 48.7. The van der Waals surface area contributed by atoms with E-state index in [1.54, 1.807) is 107 Å². The SMILES string of the molecule is COC(OC)[C@@H](N)Cc1ccc(Cl)cc1Cl.COC(OC)[C@H](Cc1ccc(Cl)cc1Cl)NC(=S)NCc1nc2nc(F)ccc2[nH]1.Fc1ccc2[nH]c(Cn3cc(Cc4ccc(Cl)cc4Cl)[nH]c3=S)nc2n1.O=C(N[C@@H](Cc1ccc(Cl)cc1Cl)C(=O)O)OCC1c2ccccc2-c2ccccc21.O=C[C@H](Cc1ccc(Cl)cc1Cl)NC(=O)OCC1c2ccccc2-c2ccccc21. The van der Waals surface area contributed by atoms with Gasteiger partial charge in [-0.2, -0.15) is 18.7 Å². The monoisotopic (exact) mass is 2040 g/mol. The summed E-state index contributed by atoms with van der Waals surface area (Å²) in [4.78, 5) is 73.3. The molecule has 9 aromatic carbocycles. The van der Waals surface area contributed by atoms with Crippen LogP contribution in [0.3, 0.4) is 0 Å². The van der Waals surface area contributed by atoms with Gasteiger partial charge in [-0.05, 0) is 195 Å². The Labute approximate surface area is 824 Å². The lowest BCUT2D eigenvalue weighted by molar-refractivity contribution is -0.139. The first-order valence-electron chi connectivity index (χ1n) is 40.8. The van der Waals surface area contributed by atoms with Crippen LogP contribution in [-0.2, 0) is 83.2 Å². The maximum atomic E-state index is 13.2. The van der Waals surface area contributed by atoms with Crippen molar-refractivity contribution in [3.63, 3.8) is 0 Å². The Hall–Kier alpha value is -10.4. The minimum absolute atomic E-state index is 0.00946. The number of hydrogen-bond donors (Lipinski definition) is 9. The molecule has 0 radical (unpaired) electrons. The van der Waals surface area contributed by atoms with Crippen molar-refractivity contribution >= 4 is 192 Å². The summed E-state index contributed by atoms with van der Waals surface area (Å²) in [5.74, 6) is -1.26. The van der Waals surface area contributed by atoms with E-state index in [9.17, 15) is 33.1 Å². The molecular formula is C95H85Cl10F2N13O11S2. The number of aliphatic carboxylic acids is 1. The molecule has 10 N–H and O–H groups in total. The Kier molecular flexibility index (Phi) is 37.2. The summed E-state index contributed by atoms with van der Waals surface area (Å²) in [6.45, 7) is 1.01. The zero-order valence-corrected chi connectivity index (χ0v) is 80.2. The van der Waals surface area contributed by atoms with Gasteiger partial charge < -0.3 is 84.8 Å². The molecule has 24 nitrogen and oxygen atoms in total. The Morgan fingerprint density at radius 1 is 0.489 bits per heavy atom. The number of thiocarbonyl (C=S) groups is 1. The Morgan fingerprint density at radius 3 is 1.30 bits per heavy atom. The molecule has 0 unspecified atom stereocenters. The molecule has 0 fully saturated rings. The molecule has 2 aliphatic carbocycles. The molecule has 14 aromatic rings. The number of alkyl carbamates (subject to hydrolysis) is 2. The molecule has 38 heteroatoms. The van der Waals surface area contributed by atoms with Gasteiger partial charge in [0, 0.05) is 122 Å². The molecule has 16 rings (SSSR count). The Bertz CT molecular complexity index is 6440. The number of aromatic nitrogens is 8. The number of halogens is 12. The predicted molar refractivity (Wildman–Crippen MR) is 524 cm³/mol. The van der Waals surface area contributed by atoms with E-state index >= 15 is 0 Å². The first-order chi connectivity index (χ1) is 63.9. The van der Waals surface area contributed by atoms with E-state index in [1.807, 2.05) is 102 Å². The van der Waals surface area contributed by atoms with Crippen molar-refractivity contribution in [1.82, 2.24) is 60.7 Å². The van der Waals surface area contributed by atoms with Gasteiger partial charge >= 0.3 is 18.2 Å². The van der Waals surface area contributed by atoms with Crippen LogP contribution in [-0.4, -0.2) is 153 Å². The Balaban J connectivity index is 0.000000152. The minimum Gasteiger partial charge on any atom is -0.480 e. The van der Waals surface area contributed by atoms with Crippen molar-refractivity contribution in [2.75, 3.05) is 41.7 Å². The smallest absolute Gasteiger partial charge is 0.407 e. The zero-order chi connectivity index (χ0) is 95.1. The number of hydrogen-bond acceptors (Lipinski definition) is 17. The first kappa shape index (κ1) is 102. The van der Waals surface area contributed by atoms with E-state index in [1.165, 1.54) is 18.2 Å². The van der Waals surface area contributed by atoms with Gasteiger partial charge in [-0.1, -0.05) is 243 Å². The second-order valence-electron chi connectivity index (χ2n) is 30.1. The normalized spacial score (nSPS) is 12.7. The van der Waals surface area contributed by atoms with Crippen molar-refractivity contribution in [2.24, 2.45) is 5.73 Å². The van der Waals surface area contributed by atoms with Crippen LogP contribution in [0.5, 0.6) is 0 Å². The quantitative estimate of drug-likeness (QED) is 0.00910. The van der Waals surface area contributed by atoms with E-state index in [4.69, 9.17) is 175 Å². The average molecular weight is 2040 g/mol. The van der Waals surface area contributed by atoms with Crippen LogP contribution in [0.1, 0.15) is 79.2 Å². The number of nitrogens with one attached hydrogen (secondary N) is 7. The lowest BCUT2D eigenvalue weighted by Crippen LogP contribution is -2.49. The van der Waals surface area contributed by atoms with Gasteiger partial charge in [0.15, 0.2) is 33.8 Å². The summed E-state index contributed by atoms with van der Waals surface area (Å²) in [5.41, 5.74) is 21.8.